The summed E-state index contributed by atoms with van der Waals surface area (Å²) >= 11 is 0. The average molecular weight is 633 g/mol. The van der Waals surface area contributed by atoms with Gasteiger partial charge in [0.1, 0.15) is 24.2 Å². The molecule has 0 aromatic heterocycles. The molecular formula is C27H48N6O11. The van der Waals surface area contributed by atoms with Crippen LogP contribution in [0.15, 0.2) is 30.3 Å². The smallest absolute Gasteiger partial charge is 0.320 e. The third kappa shape index (κ3) is 29.3. The van der Waals surface area contributed by atoms with E-state index in [0.29, 0.717) is 18.8 Å². The van der Waals surface area contributed by atoms with E-state index >= 15 is 0 Å². The molecule has 1 aliphatic heterocycles. The molecule has 1 fully saturated rings. The zero-order chi connectivity index (χ0) is 34.8. The van der Waals surface area contributed by atoms with E-state index in [1.165, 1.54) is 0 Å². The first-order valence-electron chi connectivity index (χ1n) is 13.5. The van der Waals surface area contributed by atoms with Gasteiger partial charge in [0.25, 0.3) is 0 Å². The largest absolute Gasteiger partial charge is 0.480 e. The summed E-state index contributed by atoms with van der Waals surface area (Å²) in [5.41, 5.74) is 25.9. The molecule has 0 spiro atoms. The Kier molecular flexibility index (Phi) is 26.6. The van der Waals surface area contributed by atoms with Crippen molar-refractivity contribution in [2.75, 3.05) is 13.1 Å². The highest BCUT2D eigenvalue weighted by Crippen LogP contribution is 2.04. The molecule has 252 valence electrons. The van der Waals surface area contributed by atoms with E-state index in [2.05, 4.69) is 11.1 Å². The van der Waals surface area contributed by atoms with E-state index in [1.807, 2.05) is 44.2 Å². The van der Waals surface area contributed by atoms with Crippen molar-refractivity contribution in [2.45, 2.75) is 76.5 Å². The lowest BCUT2D eigenvalue weighted by Gasteiger charge is -2.07. The van der Waals surface area contributed by atoms with Gasteiger partial charge < -0.3 is 59.5 Å². The van der Waals surface area contributed by atoms with Crippen molar-refractivity contribution < 1.29 is 54.3 Å². The number of carbonyl (C=O) groups excluding carboxylic acids is 1. The molecule has 17 nitrogen and oxygen atoms in total. The van der Waals surface area contributed by atoms with Gasteiger partial charge in [-0.2, -0.15) is 0 Å². The summed E-state index contributed by atoms with van der Waals surface area (Å²) in [5, 5.41) is 43.8. The Hall–Kier alpha value is -4.16. The fraction of sp³-hybridized carbons (Fsp3) is 0.556. The van der Waals surface area contributed by atoms with Crippen LogP contribution < -0.4 is 34.0 Å². The van der Waals surface area contributed by atoms with Crippen LogP contribution in [0.5, 0.6) is 0 Å². The molecule has 16 N–H and O–H groups in total. The first kappa shape index (κ1) is 44.3. The normalized spacial score (nSPS) is 15.0. The molecule has 1 amide bonds. The van der Waals surface area contributed by atoms with Crippen molar-refractivity contribution >= 4 is 35.8 Å². The van der Waals surface area contributed by atoms with Crippen molar-refractivity contribution in [2.24, 2.45) is 34.6 Å². The Balaban J connectivity index is -0.000000489. The molecule has 0 unspecified atom stereocenters. The molecule has 0 aliphatic carbocycles. The molecule has 44 heavy (non-hydrogen) atoms. The predicted octanol–water partition coefficient (Wildman–Crippen LogP) is -1.40. The number of nitrogens with two attached hydrogens (primary N) is 5. The first-order chi connectivity index (χ1) is 20.3. The van der Waals surface area contributed by atoms with Gasteiger partial charge in [-0.15, -0.1) is 0 Å². The number of nitrogens with one attached hydrogen (secondary N) is 1. The van der Waals surface area contributed by atoms with E-state index < -0.39 is 53.9 Å². The Morgan fingerprint density at radius 2 is 1.32 bits per heavy atom. The van der Waals surface area contributed by atoms with Gasteiger partial charge in [0.2, 0.25) is 5.91 Å². The highest BCUT2D eigenvalue weighted by atomic mass is 16.4. The second kappa shape index (κ2) is 26.5. The third-order valence-electron chi connectivity index (χ3n) is 5.21. The van der Waals surface area contributed by atoms with Crippen LogP contribution in [-0.4, -0.2) is 98.5 Å². The first-order valence-corrected chi connectivity index (χ1v) is 13.5. The molecule has 1 aliphatic rings. The molecule has 1 heterocycles. The minimum absolute atomic E-state index is 0.0213. The topological polar surface area (TPSA) is 346 Å². The van der Waals surface area contributed by atoms with Crippen molar-refractivity contribution in [3.05, 3.63) is 35.9 Å². The monoisotopic (exact) mass is 632 g/mol. The summed E-state index contributed by atoms with van der Waals surface area (Å²) in [6.45, 7) is 4.47. The quantitative estimate of drug-likeness (QED) is 0.126. The maximum Gasteiger partial charge on any atom is 0.320 e. The summed E-state index contributed by atoms with van der Waals surface area (Å²) in [6, 6.07) is 6.61. The van der Waals surface area contributed by atoms with Gasteiger partial charge in [0, 0.05) is 6.42 Å². The van der Waals surface area contributed by atoms with Crippen molar-refractivity contribution in [1.29, 1.82) is 0 Å². The van der Waals surface area contributed by atoms with E-state index in [-0.39, 0.29) is 25.4 Å². The number of carboxylic acid groups (broad SMARTS) is 5. The summed E-state index contributed by atoms with van der Waals surface area (Å²) < 4.78 is 0. The Labute approximate surface area is 255 Å². The van der Waals surface area contributed by atoms with Crippen LogP contribution in [0.3, 0.4) is 0 Å². The lowest BCUT2D eigenvalue weighted by atomic mass is 10.1. The van der Waals surface area contributed by atoms with Crippen LogP contribution in [0, 0.1) is 5.92 Å². The Morgan fingerprint density at radius 1 is 0.841 bits per heavy atom. The maximum absolute atomic E-state index is 10.4. The standard InChI is InChI=1S/C9H11NO2.C6H13NO2.C5H10N2O3.C5H9NO2.C2H5NO2/c10-8(9(11)12)6-7-4-2-1-3-5-7;1-4(2)3-5(7)6(8)9;6-3(5(9)10)1-2-4(7)8;7-5(8)4-2-1-3-6-4;3-1-2(4)5/h1-5,8H,6,10H2,(H,11,12);4-5H,3,7H2,1-2H3,(H,8,9);3H,1-2,6H2,(H2,7,8)(H,9,10);4,6H,1-3H2,(H,7,8);1,3H2,(H,4,5)/t8-;5-;3-;4-;/m0000./s1. The average Bonchev–Trinajstić information content (AvgIpc) is 3.49. The molecular weight excluding hydrogens is 584 g/mol. The van der Waals surface area contributed by atoms with Crippen LogP contribution in [0.2, 0.25) is 0 Å². The van der Waals surface area contributed by atoms with Crippen molar-refractivity contribution in [3.63, 3.8) is 0 Å². The number of hydrogen-bond donors (Lipinski definition) is 11. The van der Waals surface area contributed by atoms with Crippen LogP contribution >= 0.6 is 0 Å². The fourth-order valence-electron chi connectivity index (χ4n) is 2.88. The summed E-state index contributed by atoms with van der Waals surface area (Å²) in [6.07, 6.45) is 2.84. The van der Waals surface area contributed by atoms with Gasteiger partial charge in [-0.25, -0.2) is 0 Å². The molecule has 2 rings (SSSR count). The number of amides is 1. The van der Waals surface area contributed by atoms with E-state index in [1.54, 1.807) is 0 Å². The highest BCUT2D eigenvalue weighted by Gasteiger charge is 2.20. The van der Waals surface area contributed by atoms with Crippen LogP contribution in [0.4, 0.5) is 0 Å². The molecule has 1 aromatic rings. The molecule has 1 aromatic carbocycles. The summed E-state index contributed by atoms with van der Waals surface area (Å²) in [7, 11) is 0. The van der Waals surface area contributed by atoms with Crippen molar-refractivity contribution in [3.8, 4) is 0 Å². The van der Waals surface area contributed by atoms with E-state index in [4.69, 9.17) is 48.5 Å². The van der Waals surface area contributed by atoms with Crippen LogP contribution in [-0.2, 0) is 35.2 Å². The molecule has 17 heteroatoms. The zero-order valence-corrected chi connectivity index (χ0v) is 25.0. The number of primary amides is 1. The number of aliphatic carboxylic acids is 5. The Morgan fingerprint density at radius 3 is 1.59 bits per heavy atom. The summed E-state index contributed by atoms with van der Waals surface area (Å²) in [4.78, 5) is 60.0. The minimum Gasteiger partial charge on any atom is -0.480 e. The number of carboxylic acids is 5. The number of benzene rings is 1. The zero-order valence-electron chi connectivity index (χ0n) is 25.0. The second-order valence-corrected chi connectivity index (χ2v) is 9.74. The van der Waals surface area contributed by atoms with Crippen LogP contribution in [0.25, 0.3) is 0 Å². The molecule has 0 radical (unpaired) electrons. The lowest BCUT2D eigenvalue weighted by molar-refractivity contribution is -0.139. The Bertz CT molecular complexity index is 990. The lowest BCUT2D eigenvalue weighted by Crippen LogP contribution is -2.32. The molecule has 0 saturated carbocycles. The fourth-order valence-corrected chi connectivity index (χ4v) is 2.88. The van der Waals surface area contributed by atoms with Gasteiger partial charge in [-0.3, -0.25) is 28.8 Å². The van der Waals surface area contributed by atoms with Gasteiger partial charge >= 0.3 is 29.8 Å². The number of carbonyl (C=O) groups is 6. The predicted molar refractivity (Wildman–Crippen MR) is 160 cm³/mol. The van der Waals surface area contributed by atoms with E-state index in [0.717, 1.165) is 24.9 Å². The summed E-state index contributed by atoms with van der Waals surface area (Å²) in [5.74, 6) is -4.84. The van der Waals surface area contributed by atoms with E-state index in [9.17, 15) is 28.8 Å². The van der Waals surface area contributed by atoms with Gasteiger partial charge in [0.15, 0.2) is 0 Å². The number of rotatable bonds is 12. The maximum atomic E-state index is 10.4. The minimum atomic E-state index is -1.11. The van der Waals surface area contributed by atoms with Gasteiger partial charge in [0.05, 0.1) is 6.54 Å². The third-order valence-corrected chi connectivity index (χ3v) is 5.21. The number of hydrogen-bond acceptors (Lipinski definition) is 11. The van der Waals surface area contributed by atoms with Crippen molar-refractivity contribution in [1.82, 2.24) is 5.32 Å². The molecule has 4 atom stereocenters. The van der Waals surface area contributed by atoms with Crippen LogP contribution in [0.1, 0.15) is 51.5 Å². The second-order valence-electron chi connectivity index (χ2n) is 9.74. The SMILES string of the molecule is CC(C)C[C@H](N)C(=O)O.NC(=O)CC[C@H](N)C(=O)O.NCC(=O)O.N[C@@H](Cc1ccccc1)C(=O)O.O=C(O)[C@@H]1CCCN1. The van der Waals surface area contributed by atoms with Gasteiger partial charge in [-0.1, -0.05) is 44.2 Å². The van der Waals surface area contributed by atoms with Gasteiger partial charge in [-0.05, 0) is 50.1 Å². The highest BCUT2D eigenvalue weighted by molar-refractivity contribution is 5.77. The molecule has 1 saturated heterocycles. The molecule has 0 bridgehead atoms.